The molecule has 3 aromatic rings. The molecule has 0 saturated heterocycles. The SMILES string of the molecule is COc1ccc(Br)cc1[C@@H]1C(C(=O)OC(C)C)=C(C)N=c2s/c(=C\c3cc(Cl)c(OC)c(OC)c3)c(=O)n21. The summed E-state index contributed by atoms with van der Waals surface area (Å²) in [5, 5.41) is 0.345. The molecular formula is C27H26BrClN2O6S. The molecule has 0 N–H and O–H groups in total. The average molecular weight is 622 g/mol. The van der Waals surface area contributed by atoms with Crippen molar-refractivity contribution in [1.82, 2.24) is 4.57 Å². The minimum absolute atomic E-state index is 0.267. The first-order valence-corrected chi connectivity index (χ1v) is 13.6. The molecule has 0 spiro atoms. The highest BCUT2D eigenvalue weighted by atomic mass is 79.9. The molecule has 1 aliphatic heterocycles. The Morgan fingerprint density at radius 3 is 2.47 bits per heavy atom. The highest BCUT2D eigenvalue weighted by molar-refractivity contribution is 9.10. The van der Waals surface area contributed by atoms with Crippen molar-refractivity contribution in [1.29, 1.82) is 0 Å². The summed E-state index contributed by atoms with van der Waals surface area (Å²) in [5.41, 5.74) is 1.67. The number of aromatic nitrogens is 1. The van der Waals surface area contributed by atoms with Crippen molar-refractivity contribution in [2.75, 3.05) is 21.3 Å². The summed E-state index contributed by atoms with van der Waals surface area (Å²) in [6.45, 7) is 5.28. The van der Waals surface area contributed by atoms with Crippen LogP contribution >= 0.6 is 38.9 Å². The van der Waals surface area contributed by atoms with Crippen molar-refractivity contribution in [2.45, 2.75) is 32.9 Å². The highest BCUT2D eigenvalue weighted by Crippen LogP contribution is 2.38. The number of allylic oxidation sites excluding steroid dienone is 1. The van der Waals surface area contributed by atoms with E-state index < -0.39 is 12.0 Å². The summed E-state index contributed by atoms with van der Waals surface area (Å²) in [5.74, 6) is 0.807. The summed E-state index contributed by atoms with van der Waals surface area (Å²) in [6.07, 6.45) is 1.35. The molecule has 0 fully saturated rings. The summed E-state index contributed by atoms with van der Waals surface area (Å²) < 4.78 is 24.6. The molecule has 0 radical (unpaired) electrons. The van der Waals surface area contributed by atoms with Gasteiger partial charge in [0, 0.05) is 10.0 Å². The van der Waals surface area contributed by atoms with Crippen molar-refractivity contribution in [2.24, 2.45) is 4.99 Å². The zero-order chi connectivity index (χ0) is 27.7. The first-order chi connectivity index (χ1) is 18.1. The Morgan fingerprint density at radius 1 is 1.13 bits per heavy atom. The number of ether oxygens (including phenoxy) is 4. The summed E-state index contributed by atoms with van der Waals surface area (Å²) in [7, 11) is 4.56. The lowest BCUT2D eigenvalue weighted by Crippen LogP contribution is -2.40. The first-order valence-electron chi connectivity index (χ1n) is 11.6. The number of rotatable bonds is 7. The number of carbonyl (C=O) groups excluding carboxylic acids is 1. The molecule has 0 aliphatic carbocycles. The van der Waals surface area contributed by atoms with Crippen molar-refractivity contribution in [3.05, 3.63) is 81.9 Å². The van der Waals surface area contributed by atoms with Gasteiger partial charge in [-0.15, -0.1) is 0 Å². The molecule has 11 heteroatoms. The Labute approximate surface area is 236 Å². The lowest BCUT2D eigenvalue weighted by Gasteiger charge is -2.26. The van der Waals surface area contributed by atoms with Gasteiger partial charge >= 0.3 is 5.97 Å². The van der Waals surface area contributed by atoms with E-state index in [9.17, 15) is 9.59 Å². The van der Waals surface area contributed by atoms with Crippen LogP contribution in [-0.2, 0) is 9.53 Å². The van der Waals surface area contributed by atoms with Crippen LogP contribution in [0.1, 0.15) is 37.9 Å². The molecule has 0 saturated carbocycles. The maximum atomic E-state index is 13.9. The van der Waals surface area contributed by atoms with E-state index in [1.165, 1.54) is 30.1 Å². The van der Waals surface area contributed by atoms with Crippen molar-refractivity contribution < 1.29 is 23.7 Å². The summed E-state index contributed by atoms with van der Waals surface area (Å²) in [4.78, 5) is 32.3. The quantitative estimate of drug-likeness (QED) is 0.358. The smallest absolute Gasteiger partial charge is 0.338 e. The number of fused-ring (bicyclic) bond motifs is 1. The highest BCUT2D eigenvalue weighted by Gasteiger charge is 2.35. The van der Waals surface area contributed by atoms with E-state index in [4.69, 9.17) is 30.5 Å². The fraction of sp³-hybridized carbons (Fsp3) is 0.296. The van der Waals surface area contributed by atoms with Crippen LogP contribution in [0.3, 0.4) is 0 Å². The van der Waals surface area contributed by atoms with Gasteiger partial charge in [0.25, 0.3) is 5.56 Å². The van der Waals surface area contributed by atoms with E-state index in [1.807, 2.05) is 12.1 Å². The topological polar surface area (TPSA) is 88.4 Å². The molecule has 4 rings (SSSR count). The van der Waals surface area contributed by atoms with Crippen LogP contribution in [0.5, 0.6) is 17.2 Å². The maximum absolute atomic E-state index is 13.9. The van der Waals surface area contributed by atoms with Crippen LogP contribution in [0, 0.1) is 0 Å². The maximum Gasteiger partial charge on any atom is 0.338 e. The van der Waals surface area contributed by atoms with E-state index in [0.717, 1.165) is 4.47 Å². The van der Waals surface area contributed by atoms with Crippen LogP contribution in [0.2, 0.25) is 5.02 Å². The molecule has 1 aromatic heterocycles. The number of thiazole rings is 1. The van der Waals surface area contributed by atoms with Gasteiger partial charge in [0.1, 0.15) is 11.8 Å². The van der Waals surface area contributed by atoms with Crippen LogP contribution in [0.15, 0.2) is 55.9 Å². The zero-order valence-corrected chi connectivity index (χ0v) is 24.8. The normalized spacial score (nSPS) is 15.3. The van der Waals surface area contributed by atoms with Gasteiger partial charge in [-0.25, -0.2) is 9.79 Å². The molecule has 200 valence electrons. The minimum Gasteiger partial charge on any atom is -0.496 e. The number of benzene rings is 2. The second kappa shape index (κ2) is 11.3. The van der Waals surface area contributed by atoms with E-state index in [1.54, 1.807) is 52.2 Å². The Balaban J connectivity index is 1.99. The van der Waals surface area contributed by atoms with Gasteiger partial charge in [0.15, 0.2) is 16.3 Å². The molecule has 8 nitrogen and oxygen atoms in total. The Morgan fingerprint density at radius 2 is 1.84 bits per heavy atom. The molecule has 2 heterocycles. The second-order valence-electron chi connectivity index (χ2n) is 8.66. The number of hydrogen-bond donors (Lipinski definition) is 0. The second-order valence-corrected chi connectivity index (χ2v) is 11.0. The van der Waals surface area contributed by atoms with E-state index in [0.29, 0.717) is 48.4 Å². The predicted molar refractivity (Wildman–Crippen MR) is 150 cm³/mol. The average Bonchev–Trinajstić information content (AvgIpc) is 3.16. The van der Waals surface area contributed by atoms with Gasteiger partial charge in [-0.05, 0) is 62.7 Å². The van der Waals surface area contributed by atoms with Crippen molar-refractivity contribution >= 4 is 50.9 Å². The first kappa shape index (κ1) is 27.9. The third-order valence-corrected chi connectivity index (χ3v) is 7.58. The molecule has 0 amide bonds. The lowest BCUT2D eigenvalue weighted by atomic mass is 9.95. The Kier molecular flexibility index (Phi) is 8.34. The van der Waals surface area contributed by atoms with Gasteiger partial charge in [-0.1, -0.05) is 38.9 Å². The van der Waals surface area contributed by atoms with Gasteiger partial charge in [-0.2, -0.15) is 0 Å². The summed E-state index contributed by atoms with van der Waals surface area (Å²) >= 11 is 11.1. The standard InChI is InChI=1S/C27H26BrClN2O6S/c1-13(2)37-26(33)22-14(3)30-27-31(23(22)17-12-16(28)7-8-19(17)34-4)25(32)21(38-27)11-15-9-18(29)24(36-6)20(10-15)35-5/h7-13,23H,1-6H3/b21-11-/t23-/m1/s1. The molecule has 38 heavy (non-hydrogen) atoms. The van der Waals surface area contributed by atoms with Crippen LogP contribution in [0.25, 0.3) is 6.08 Å². The number of methoxy groups -OCH3 is 3. The van der Waals surface area contributed by atoms with Crippen LogP contribution < -0.4 is 29.1 Å². The Bertz CT molecular complexity index is 1630. The van der Waals surface area contributed by atoms with Gasteiger partial charge < -0.3 is 18.9 Å². The molecule has 0 bridgehead atoms. The summed E-state index contributed by atoms with van der Waals surface area (Å²) in [6, 6.07) is 8.04. The van der Waals surface area contributed by atoms with Gasteiger partial charge in [-0.3, -0.25) is 9.36 Å². The monoisotopic (exact) mass is 620 g/mol. The Hall–Kier alpha value is -3.08. The molecular weight excluding hydrogens is 596 g/mol. The van der Waals surface area contributed by atoms with E-state index in [-0.39, 0.29) is 17.2 Å². The fourth-order valence-electron chi connectivity index (χ4n) is 4.25. The molecule has 1 atom stereocenters. The van der Waals surface area contributed by atoms with Crippen molar-refractivity contribution in [3.63, 3.8) is 0 Å². The minimum atomic E-state index is -0.818. The van der Waals surface area contributed by atoms with Gasteiger partial charge in [0.2, 0.25) is 0 Å². The number of hydrogen-bond acceptors (Lipinski definition) is 8. The van der Waals surface area contributed by atoms with Crippen LogP contribution in [-0.4, -0.2) is 38.0 Å². The van der Waals surface area contributed by atoms with E-state index >= 15 is 0 Å². The zero-order valence-electron chi connectivity index (χ0n) is 21.6. The van der Waals surface area contributed by atoms with Gasteiger partial charge in [0.05, 0.1) is 48.3 Å². The third kappa shape index (κ3) is 5.25. The molecule has 2 aromatic carbocycles. The van der Waals surface area contributed by atoms with Crippen molar-refractivity contribution in [3.8, 4) is 17.2 Å². The van der Waals surface area contributed by atoms with E-state index in [2.05, 4.69) is 20.9 Å². The largest absolute Gasteiger partial charge is 0.496 e. The number of carbonyl (C=O) groups is 1. The lowest BCUT2D eigenvalue weighted by molar-refractivity contribution is -0.143. The fourth-order valence-corrected chi connectivity index (χ4v) is 5.97. The number of halogens is 2. The molecule has 0 unspecified atom stereocenters. The number of nitrogens with zero attached hydrogens (tertiary/aromatic N) is 2. The third-order valence-electron chi connectivity index (χ3n) is 5.82. The van der Waals surface area contributed by atoms with Crippen LogP contribution in [0.4, 0.5) is 0 Å². The molecule has 1 aliphatic rings. The number of esters is 1. The predicted octanol–water partition coefficient (Wildman–Crippen LogP) is 4.63.